The van der Waals surface area contributed by atoms with E-state index in [1.165, 1.54) is 60.1 Å². The van der Waals surface area contributed by atoms with Gasteiger partial charge in [0.1, 0.15) is 0 Å². The van der Waals surface area contributed by atoms with Gasteiger partial charge in [-0.25, -0.2) is 0 Å². The van der Waals surface area contributed by atoms with Gasteiger partial charge in [-0.1, -0.05) is 194 Å². The van der Waals surface area contributed by atoms with Gasteiger partial charge in [0.25, 0.3) is 0 Å². The SMILES string of the molecule is c1ccc(-c2ccc(-c3ccccc3)c(N(c3ccccc3-c3ccc4ccccc4c3)c3ccccc3-c3cc4ccccc4c4ccccc34)c2)cc1. The van der Waals surface area contributed by atoms with Crippen molar-refractivity contribution in [3.63, 3.8) is 0 Å². The molecule has 0 atom stereocenters. The van der Waals surface area contributed by atoms with Gasteiger partial charge in [0.05, 0.1) is 17.1 Å². The molecule has 0 aliphatic rings. The molecule has 0 unspecified atom stereocenters. The molecule has 55 heavy (non-hydrogen) atoms. The minimum absolute atomic E-state index is 1.11. The molecule has 0 saturated carbocycles. The number of hydrogen-bond donors (Lipinski definition) is 0. The van der Waals surface area contributed by atoms with Crippen LogP contribution in [0.1, 0.15) is 0 Å². The highest BCUT2D eigenvalue weighted by Gasteiger charge is 2.24. The van der Waals surface area contributed by atoms with Crippen LogP contribution in [0.4, 0.5) is 17.1 Å². The highest BCUT2D eigenvalue weighted by molar-refractivity contribution is 6.15. The maximum absolute atomic E-state index is 2.51. The van der Waals surface area contributed by atoms with E-state index >= 15 is 0 Å². The van der Waals surface area contributed by atoms with Crippen molar-refractivity contribution in [1.29, 1.82) is 0 Å². The highest BCUT2D eigenvalue weighted by atomic mass is 15.1. The van der Waals surface area contributed by atoms with Crippen LogP contribution in [-0.4, -0.2) is 0 Å². The number of benzene rings is 10. The topological polar surface area (TPSA) is 3.24 Å². The summed E-state index contributed by atoms with van der Waals surface area (Å²) >= 11 is 0. The van der Waals surface area contributed by atoms with E-state index in [-0.39, 0.29) is 0 Å². The quantitative estimate of drug-likeness (QED) is 0.150. The number of nitrogens with zero attached hydrogens (tertiary/aromatic N) is 1. The Morgan fingerprint density at radius 3 is 1.51 bits per heavy atom. The minimum Gasteiger partial charge on any atom is -0.309 e. The zero-order chi connectivity index (χ0) is 36.6. The van der Waals surface area contributed by atoms with E-state index in [1.807, 2.05) is 0 Å². The van der Waals surface area contributed by atoms with E-state index < -0.39 is 0 Å². The van der Waals surface area contributed by atoms with Crippen LogP contribution < -0.4 is 4.90 Å². The summed E-state index contributed by atoms with van der Waals surface area (Å²) in [4.78, 5) is 2.51. The molecule has 0 saturated heterocycles. The maximum atomic E-state index is 2.51. The second-order valence-electron chi connectivity index (χ2n) is 14.1. The number of hydrogen-bond acceptors (Lipinski definition) is 1. The van der Waals surface area contributed by atoms with Crippen LogP contribution in [0.2, 0.25) is 0 Å². The van der Waals surface area contributed by atoms with Crippen LogP contribution in [0, 0.1) is 0 Å². The van der Waals surface area contributed by atoms with Crippen molar-refractivity contribution in [2.45, 2.75) is 0 Å². The Morgan fingerprint density at radius 2 is 0.745 bits per heavy atom. The Hall–Kier alpha value is -7.22. The summed E-state index contributed by atoms with van der Waals surface area (Å²) in [5.74, 6) is 0. The molecular weight excluding hydrogens is 663 g/mol. The summed E-state index contributed by atoms with van der Waals surface area (Å²) in [5.41, 5.74) is 12.7. The Kier molecular flexibility index (Phi) is 8.24. The van der Waals surface area contributed by atoms with E-state index in [1.54, 1.807) is 0 Å². The first kappa shape index (κ1) is 32.4. The van der Waals surface area contributed by atoms with Gasteiger partial charge in [-0.05, 0) is 90.5 Å². The molecule has 10 aromatic rings. The summed E-state index contributed by atoms with van der Waals surface area (Å²) < 4.78 is 0. The van der Waals surface area contributed by atoms with Gasteiger partial charge in [0, 0.05) is 16.7 Å². The lowest BCUT2D eigenvalue weighted by Crippen LogP contribution is -2.14. The lowest BCUT2D eigenvalue weighted by molar-refractivity contribution is 1.28. The van der Waals surface area contributed by atoms with Crippen LogP contribution in [-0.2, 0) is 0 Å². The van der Waals surface area contributed by atoms with Gasteiger partial charge in [0.15, 0.2) is 0 Å². The number of para-hydroxylation sites is 2. The van der Waals surface area contributed by atoms with Crippen LogP contribution >= 0.6 is 0 Å². The lowest BCUT2D eigenvalue weighted by atomic mass is 9.91. The fourth-order valence-corrected chi connectivity index (χ4v) is 8.22. The zero-order valence-electron chi connectivity index (χ0n) is 30.3. The molecule has 10 aromatic carbocycles. The molecule has 0 radical (unpaired) electrons. The largest absolute Gasteiger partial charge is 0.309 e. The third kappa shape index (κ3) is 5.93. The van der Waals surface area contributed by atoms with Crippen LogP contribution in [0.15, 0.2) is 224 Å². The molecule has 0 bridgehead atoms. The van der Waals surface area contributed by atoms with Crippen LogP contribution in [0.25, 0.3) is 76.8 Å². The molecule has 10 rings (SSSR count). The molecule has 0 heterocycles. The molecule has 0 aliphatic heterocycles. The molecule has 0 amide bonds. The lowest BCUT2D eigenvalue weighted by Gasteiger charge is -2.32. The summed E-state index contributed by atoms with van der Waals surface area (Å²) in [7, 11) is 0. The highest BCUT2D eigenvalue weighted by Crippen LogP contribution is 2.50. The molecule has 1 heteroatoms. The van der Waals surface area contributed by atoms with Gasteiger partial charge in [0.2, 0.25) is 0 Å². The monoisotopic (exact) mass is 699 g/mol. The molecular formula is C54H37N. The summed E-state index contributed by atoms with van der Waals surface area (Å²) in [5, 5.41) is 7.43. The normalized spacial score (nSPS) is 11.3. The number of rotatable bonds is 7. The van der Waals surface area contributed by atoms with E-state index in [0.29, 0.717) is 0 Å². The minimum atomic E-state index is 1.11. The average Bonchev–Trinajstić information content (AvgIpc) is 3.27. The van der Waals surface area contributed by atoms with Crippen molar-refractivity contribution in [2.24, 2.45) is 0 Å². The van der Waals surface area contributed by atoms with Crippen molar-refractivity contribution < 1.29 is 0 Å². The third-order valence-corrected chi connectivity index (χ3v) is 10.8. The van der Waals surface area contributed by atoms with Crippen molar-refractivity contribution in [1.82, 2.24) is 0 Å². The number of fused-ring (bicyclic) bond motifs is 4. The second kappa shape index (κ2) is 14.0. The second-order valence-corrected chi connectivity index (χ2v) is 14.1. The first-order valence-corrected chi connectivity index (χ1v) is 18.9. The van der Waals surface area contributed by atoms with Gasteiger partial charge in [-0.2, -0.15) is 0 Å². The van der Waals surface area contributed by atoms with Gasteiger partial charge < -0.3 is 4.90 Å². The van der Waals surface area contributed by atoms with E-state index in [0.717, 1.165) is 33.8 Å². The predicted molar refractivity (Wildman–Crippen MR) is 235 cm³/mol. The molecule has 258 valence electrons. The molecule has 0 aromatic heterocycles. The Balaban J connectivity index is 1.31. The van der Waals surface area contributed by atoms with Gasteiger partial charge in [-0.15, -0.1) is 0 Å². The van der Waals surface area contributed by atoms with E-state index in [2.05, 4.69) is 229 Å². The number of anilines is 3. The van der Waals surface area contributed by atoms with E-state index in [9.17, 15) is 0 Å². The van der Waals surface area contributed by atoms with Crippen LogP contribution in [0.5, 0.6) is 0 Å². The van der Waals surface area contributed by atoms with Gasteiger partial charge in [-0.3, -0.25) is 0 Å². The van der Waals surface area contributed by atoms with Crippen molar-refractivity contribution in [3.05, 3.63) is 224 Å². The zero-order valence-corrected chi connectivity index (χ0v) is 30.3. The first-order chi connectivity index (χ1) is 27.3. The summed E-state index contributed by atoms with van der Waals surface area (Å²) in [6.07, 6.45) is 0. The third-order valence-electron chi connectivity index (χ3n) is 10.8. The van der Waals surface area contributed by atoms with Crippen LogP contribution in [0.3, 0.4) is 0 Å². The molecule has 1 nitrogen and oxygen atoms in total. The van der Waals surface area contributed by atoms with E-state index in [4.69, 9.17) is 0 Å². The summed E-state index contributed by atoms with van der Waals surface area (Å²) in [6, 6.07) is 81.7. The smallest absolute Gasteiger partial charge is 0.0546 e. The average molecular weight is 700 g/mol. The Morgan fingerprint density at radius 1 is 0.218 bits per heavy atom. The maximum Gasteiger partial charge on any atom is 0.0546 e. The molecule has 0 N–H and O–H groups in total. The predicted octanol–water partition coefficient (Wildman–Crippen LogP) is 15.3. The molecule has 0 spiro atoms. The standard InChI is InChI=1S/C54H37N/c1-3-17-38(18-4-1)42-33-34-47(40-20-5-2-6-21-40)54(37-42)55(52-29-15-13-25-46(52)44-32-31-39-19-7-8-22-41(39)35-44)53-30-16-14-28-50(53)51-36-43-23-9-10-24-45(43)48-26-11-12-27-49(48)51/h1-37H. The fraction of sp³-hybridized carbons (Fsp3) is 0. The fourth-order valence-electron chi connectivity index (χ4n) is 8.22. The molecule has 0 fully saturated rings. The van der Waals surface area contributed by atoms with Crippen molar-refractivity contribution >= 4 is 49.4 Å². The first-order valence-electron chi connectivity index (χ1n) is 18.9. The van der Waals surface area contributed by atoms with Gasteiger partial charge >= 0.3 is 0 Å². The Labute approximate surface area is 322 Å². The van der Waals surface area contributed by atoms with Crippen molar-refractivity contribution in [2.75, 3.05) is 4.90 Å². The summed E-state index contributed by atoms with van der Waals surface area (Å²) in [6.45, 7) is 0. The van der Waals surface area contributed by atoms with Crippen molar-refractivity contribution in [3.8, 4) is 44.5 Å². The Bertz CT molecular complexity index is 2980. The molecule has 0 aliphatic carbocycles.